The van der Waals surface area contributed by atoms with Gasteiger partial charge in [-0.25, -0.2) is 4.79 Å². The molecular formula is C11H10N2O3. The second kappa shape index (κ2) is 3.69. The summed E-state index contributed by atoms with van der Waals surface area (Å²) in [6.45, 7) is 1.72. The standard InChI is InChI=1S/C11H10N2O3/c1-7-6-10(13(16)12-7)8-4-2-3-5-9(8)11(14)15/h2-6,16H,1H3,(H,14,15). The van der Waals surface area contributed by atoms with E-state index in [0.717, 1.165) is 0 Å². The van der Waals surface area contributed by atoms with Gasteiger partial charge in [0, 0.05) is 5.56 Å². The van der Waals surface area contributed by atoms with Crippen LogP contribution in [0.3, 0.4) is 0 Å². The number of nitrogens with zero attached hydrogens (tertiary/aromatic N) is 2. The smallest absolute Gasteiger partial charge is 0.336 e. The second-order valence-corrected chi connectivity index (χ2v) is 3.41. The molecule has 0 aliphatic rings. The number of carbonyl (C=O) groups is 1. The molecule has 0 atom stereocenters. The molecule has 0 fully saturated rings. The molecule has 1 heterocycles. The van der Waals surface area contributed by atoms with Gasteiger partial charge in [0.15, 0.2) is 0 Å². The topological polar surface area (TPSA) is 75.3 Å². The van der Waals surface area contributed by atoms with Crippen LogP contribution >= 0.6 is 0 Å². The van der Waals surface area contributed by atoms with Crippen LogP contribution in [-0.4, -0.2) is 26.2 Å². The zero-order valence-electron chi connectivity index (χ0n) is 8.58. The Kier molecular flexibility index (Phi) is 2.36. The number of rotatable bonds is 2. The van der Waals surface area contributed by atoms with Crippen LogP contribution in [-0.2, 0) is 0 Å². The highest BCUT2D eigenvalue weighted by atomic mass is 16.5. The molecule has 2 rings (SSSR count). The van der Waals surface area contributed by atoms with Crippen molar-refractivity contribution in [2.45, 2.75) is 6.92 Å². The summed E-state index contributed by atoms with van der Waals surface area (Å²) in [6, 6.07) is 8.09. The van der Waals surface area contributed by atoms with E-state index in [1.807, 2.05) is 0 Å². The molecule has 0 aliphatic heterocycles. The van der Waals surface area contributed by atoms with E-state index in [1.54, 1.807) is 31.2 Å². The fourth-order valence-electron chi connectivity index (χ4n) is 1.57. The summed E-state index contributed by atoms with van der Waals surface area (Å²) in [5.41, 5.74) is 1.57. The van der Waals surface area contributed by atoms with Gasteiger partial charge in [-0.05, 0) is 19.1 Å². The van der Waals surface area contributed by atoms with Gasteiger partial charge in [0.2, 0.25) is 0 Å². The molecule has 1 aromatic heterocycles. The minimum absolute atomic E-state index is 0.137. The van der Waals surface area contributed by atoms with Crippen molar-refractivity contribution in [1.29, 1.82) is 0 Å². The summed E-state index contributed by atoms with van der Waals surface area (Å²) in [5, 5.41) is 22.3. The predicted octanol–water partition coefficient (Wildman–Crippen LogP) is 1.79. The van der Waals surface area contributed by atoms with Crippen molar-refractivity contribution in [1.82, 2.24) is 9.94 Å². The van der Waals surface area contributed by atoms with Gasteiger partial charge in [0.05, 0.1) is 11.3 Å². The molecule has 0 saturated carbocycles. The van der Waals surface area contributed by atoms with E-state index in [4.69, 9.17) is 5.11 Å². The molecule has 0 spiro atoms. The Morgan fingerprint density at radius 2 is 2.06 bits per heavy atom. The molecule has 0 radical (unpaired) electrons. The van der Waals surface area contributed by atoms with E-state index in [-0.39, 0.29) is 5.56 Å². The van der Waals surface area contributed by atoms with Crippen molar-refractivity contribution >= 4 is 5.97 Å². The Labute approximate surface area is 91.5 Å². The maximum Gasteiger partial charge on any atom is 0.336 e. The van der Waals surface area contributed by atoms with Crippen molar-refractivity contribution in [2.75, 3.05) is 0 Å². The number of aryl methyl sites for hydroxylation is 1. The molecule has 0 saturated heterocycles. The number of carboxylic acid groups (broad SMARTS) is 1. The molecule has 2 N–H and O–H groups in total. The van der Waals surface area contributed by atoms with Gasteiger partial charge in [0.1, 0.15) is 5.69 Å². The zero-order chi connectivity index (χ0) is 11.7. The Morgan fingerprint density at radius 1 is 1.38 bits per heavy atom. The van der Waals surface area contributed by atoms with Crippen molar-refractivity contribution in [3.8, 4) is 11.3 Å². The number of aromatic carboxylic acids is 1. The van der Waals surface area contributed by atoms with Crippen LogP contribution in [0, 0.1) is 6.92 Å². The van der Waals surface area contributed by atoms with E-state index in [0.29, 0.717) is 21.8 Å². The highest BCUT2D eigenvalue weighted by Gasteiger charge is 2.15. The molecule has 0 aliphatic carbocycles. The van der Waals surface area contributed by atoms with Gasteiger partial charge in [-0.15, -0.1) is 9.94 Å². The Hall–Kier alpha value is -2.30. The van der Waals surface area contributed by atoms with Gasteiger partial charge in [0.25, 0.3) is 0 Å². The first-order valence-corrected chi connectivity index (χ1v) is 4.68. The van der Waals surface area contributed by atoms with Crippen LogP contribution < -0.4 is 0 Å². The maximum absolute atomic E-state index is 11.0. The molecular weight excluding hydrogens is 208 g/mol. The van der Waals surface area contributed by atoms with Gasteiger partial charge in [-0.1, -0.05) is 18.2 Å². The predicted molar refractivity (Wildman–Crippen MR) is 56.5 cm³/mol. The molecule has 5 heteroatoms. The van der Waals surface area contributed by atoms with Gasteiger partial charge < -0.3 is 10.3 Å². The fraction of sp³-hybridized carbons (Fsp3) is 0.0909. The Morgan fingerprint density at radius 3 is 2.62 bits per heavy atom. The molecule has 16 heavy (non-hydrogen) atoms. The van der Waals surface area contributed by atoms with E-state index in [9.17, 15) is 10.0 Å². The lowest BCUT2D eigenvalue weighted by Crippen LogP contribution is -2.02. The summed E-state index contributed by atoms with van der Waals surface area (Å²) in [6.07, 6.45) is 0. The van der Waals surface area contributed by atoms with Crippen molar-refractivity contribution in [3.63, 3.8) is 0 Å². The van der Waals surface area contributed by atoms with Crippen molar-refractivity contribution in [3.05, 3.63) is 41.6 Å². The third kappa shape index (κ3) is 1.63. The van der Waals surface area contributed by atoms with Crippen LogP contribution in [0.2, 0.25) is 0 Å². The van der Waals surface area contributed by atoms with Gasteiger partial charge >= 0.3 is 5.97 Å². The van der Waals surface area contributed by atoms with Crippen LogP contribution in [0.5, 0.6) is 0 Å². The average molecular weight is 218 g/mol. The zero-order valence-corrected chi connectivity index (χ0v) is 8.58. The molecule has 5 nitrogen and oxygen atoms in total. The first-order chi connectivity index (χ1) is 7.59. The normalized spacial score (nSPS) is 10.3. The first-order valence-electron chi connectivity index (χ1n) is 4.68. The first kappa shape index (κ1) is 10.2. The van der Waals surface area contributed by atoms with E-state index in [1.165, 1.54) is 6.07 Å². The van der Waals surface area contributed by atoms with Gasteiger partial charge in [-0.2, -0.15) is 0 Å². The minimum atomic E-state index is -1.03. The minimum Gasteiger partial charge on any atom is -0.478 e. The van der Waals surface area contributed by atoms with Crippen LogP contribution in [0.4, 0.5) is 0 Å². The summed E-state index contributed by atoms with van der Waals surface area (Å²) in [4.78, 5) is 11.7. The quantitative estimate of drug-likeness (QED) is 0.753. The molecule has 2 aromatic rings. The van der Waals surface area contributed by atoms with Crippen molar-refractivity contribution in [2.24, 2.45) is 0 Å². The highest BCUT2D eigenvalue weighted by molar-refractivity contribution is 5.95. The number of hydrogen-bond donors (Lipinski definition) is 2. The Bertz CT molecular complexity index is 546. The van der Waals surface area contributed by atoms with E-state index in [2.05, 4.69) is 5.10 Å². The lowest BCUT2D eigenvalue weighted by atomic mass is 10.0. The number of carboxylic acids is 1. The SMILES string of the molecule is Cc1cc(-c2ccccc2C(=O)O)n(O)n1. The van der Waals surface area contributed by atoms with Crippen LogP contribution in [0.15, 0.2) is 30.3 Å². The third-order valence-corrected chi connectivity index (χ3v) is 2.25. The van der Waals surface area contributed by atoms with Gasteiger partial charge in [-0.3, -0.25) is 0 Å². The summed E-state index contributed by atoms with van der Waals surface area (Å²) in [7, 11) is 0. The summed E-state index contributed by atoms with van der Waals surface area (Å²) < 4.78 is 0. The lowest BCUT2D eigenvalue weighted by Gasteiger charge is -2.04. The van der Waals surface area contributed by atoms with E-state index >= 15 is 0 Å². The molecule has 0 unspecified atom stereocenters. The number of benzene rings is 1. The lowest BCUT2D eigenvalue weighted by molar-refractivity contribution is 0.0697. The second-order valence-electron chi connectivity index (χ2n) is 3.41. The largest absolute Gasteiger partial charge is 0.478 e. The van der Waals surface area contributed by atoms with Crippen LogP contribution in [0.25, 0.3) is 11.3 Å². The number of aromatic nitrogens is 2. The number of hydrogen-bond acceptors (Lipinski definition) is 3. The monoisotopic (exact) mass is 218 g/mol. The maximum atomic E-state index is 11.0. The average Bonchev–Trinajstić information content (AvgIpc) is 2.57. The molecule has 0 bridgehead atoms. The fourth-order valence-corrected chi connectivity index (χ4v) is 1.57. The molecule has 0 amide bonds. The molecule has 82 valence electrons. The summed E-state index contributed by atoms with van der Waals surface area (Å²) >= 11 is 0. The van der Waals surface area contributed by atoms with Crippen LogP contribution in [0.1, 0.15) is 16.1 Å². The molecule has 1 aromatic carbocycles. The highest BCUT2D eigenvalue weighted by Crippen LogP contribution is 2.23. The third-order valence-electron chi connectivity index (χ3n) is 2.25. The summed E-state index contributed by atoms with van der Waals surface area (Å²) in [5.74, 6) is -1.03. The Balaban J connectivity index is 2.64. The van der Waals surface area contributed by atoms with E-state index < -0.39 is 5.97 Å². The van der Waals surface area contributed by atoms with Crippen molar-refractivity contribution < 1.29 is 15.1 Å².